The fourth-order valence-electron chi connectivity index (χ4n) is 2.09. The Morgan fingerprint density at radius 1 is 0.842 bits per heavy atom. The van der Waals surface area contributed by atoms with Gasteiger partial charge in [0.05, 0.1) is 5.52 Å². The number of pyridine rings is 1. The predicted octanol–water partition coefficient (Wildman–Crippen LogP) is 2.89. The number of nitrogens with two attached hydrogens (primary N) is 1. The summed E-state index contributed by atoms with van der Waals surface area (Å²) in [6.07, 6.45) is 0. The maximum atomic E-state index is 5.77. The SMILES string of the molecule is Cc1cc(N)nc(-c2ccc3nc(C)ccc3c2)n1. The highest BCUT2D eigenvalue weighted by atomic mass is 14.9. The van der Waals surface area contributed by atoms with Crippen molar-refractivity contribution in [1.29, 1.82) is 0 Å². The molecule has 0 saturated carbocycles. The minimum Gasteiger partial charge on any atom is -0.384 e. The van der Waals surface area contributed by atoms with Gasteiger partial charge in [0.2, 0.25) is 0 Å². The Kier molecular flexibility index (Phi) is 2.63. The molecule has 0 aliphatic heterocycles. The highest BCUT2D eigenvalue weighted by Crippen LogP contribution is 2.22. The molecule has 0 atom stereocenters. The third-order valence-corrected chi connectivity index (χ3v) is 2.96. The smallest absolute Gasteiger partial charge is 0.161 e. The fraction of sp³-hybridized carbons (Fsp3) is 0.133. The summed E-state index contributed by atoms with van der Waals surface area (Å²) in [5, 5.41) is 1.08. The first-order chi connectivity index (χ1) is 9.11. The first kappa shape index (κ1) is 11.6. The van der Waals surface area contributed by atoms with E-state index in [1.165, 1.54) is 0 Å². The Bertz CT molecular complexity index is 745. The maximum Gasteiger partial charge on any atom is 0.161 e. The Morgan fingerprint density at radius 3 is 2.47 bits per heavy atom. The van der Waals surface area contributed by atoms with Crippen LogP contribution in [0.2, 0.25) is 0 Å². The lowest BCUT2D eigenvalue weighted by Gasteiger charge is -2.05. The van der Waals surface area contributed by atoms with Crippen molar-refractivity contribution in [2.24, 2.45) is 0 Å². The van der Waals surface area contributed by atoms with Gasteiger partial charge in [-0.15, -0.1) is 0 Å². The zero-order valence-electron chi connectivity index (χ0n) is 10.9. The van der Waals surface area contributed by atoms with Crippen LogP contribution in [0.3, 0.4) is 0 Å². The van der Waals surface area contributed by atoms with E-state index in [-0.39, 0.29) is 0 Å². The van der Waals surface area contributed by atoms with Gasteiger partial charge in [0, 0.05) is 28.4 Å². The summed E-state index contributed by atoms with van der Waals surface area (Å²) in [6, 6.07) is 11.8. The van der Waals surface area contributed by atoms with Crippen molar-refractivity contribution in [3.05, 3.63) is 47.8 Å². The number of fused-ring (bicyclic) bond motifs is 1. The number of nitrogens with zero attached hydrogens (tertiary/aromatic N) is 3. The molecule has 0 aliphatic rings. The lowest BCUT2D eigenvalue weighted by atomic mass is 10.1. The van der Waals surface area contributed by atoms with E-state index >= 15 is 0 Å². The quantitative estimate of drug-likeness (QED) is 0.721. The number of hydrogen-bond acceptors (Lipinski definition) is 4. The summed E-state index contributed by atoms with van der Waals surface area (Å²) in [5.74, 6) is 1.14. The Balaban J connectivity index is 2.17. The second-order valence-electron chi connectivity index (χ2n) is 4.62. The lowest BCUT2D eigenvalue weighted by molar-refractivity contribution is 1.12. The Morgan fingerprint density at radius 2 is 1.68 bits per heavy atom. The summed E-state index contributed by atoms with van der Waals surface area (Å²) >= 11 is 0. The van der Waals surface area contributed by atoms with Gasteiger partial charge >= 0.3 is 0 Å². The van der Waals surface area contributed by atoms with E-state index in [1.807, 2.05) is 38.1 Å². The van der Waals surface area contributed by atoms with Crippen LogP contribution in [-0.2, 0) is 0 Å². The summed E-state index contributed by atoms with van der Waals surface area (Å²) in [4.78, 5) is 13.2. The molecule has 2 aromatic heterocycles. The summed E-state index contributed by atoms with van der Waals surface area (Å²) in [6.45, 7) is 3.89. The second kappa shape index (κ2) is 4.31. The van der Waals surface area contributed by atoms with Gasteiger partial charge in [-0.2, -0.15) is 0 Å². The van der Waals surface area contributed by atoms with Gasteiger partial charge in [-0.25, -0.2) is 9.97 Å². The monoisotopic (exact) mass is 250 g/mol. The van der Waals surface area contributed by atoms with E-state index in [2.05, 4.69) is 21.0 Å². The predicted molar refractivity (Wildman–Crippen MR) is 76.7 cm³/mol. The summed E-state index contributed by atoms with van der Waals surface area (Å²) < 4.78 is 0. The third kappa shape index (κ3) is 2.25. The van der Waals surface area contributed by atoms with Crippen molar-refractivity contribution >= 4 is 16.7 Å². The number of hydrogen-bond donors (Lipinski definition) is 1. The number of benzene rings is 1. The zero-order valence-corrected chi connectivity index (χ0v) is 10.9. The summed E-state index contributed by atoms with van der Waals surface area (Å²) in [5.41, 5.74) is 9.57. The number of aryl methyl sites for hydroxylation is 2. The molecule has 0 unspecified atom stereocenters. The van der Waals surface area contributed by atoms with Crippen LogP contribution in [0.5, 0.6) is 0 Å². The van der Waals surface area contributed by atoms with Gasteiger partial charge in [-0.3, -0.25) is 4.98 Å². The molecule has 3 aromatic rings. The number of anilines is 1. The van der Waals surface area contributed by atoms with E-state index in [9.17, 15) is 0 Å². The molecule has 0 spiro atoms. The molecular formula is C15H14N4. The lowest BCUT2D eigenvalue weighted by Crippen LogP contribution is -1.97. The Labute approximate surface area is 111 Å². The standard InChI is InChI=1S/C15H14N4/c1-9-3-4-11-8-12(5-6-13(11)17-9)15-18-10(2)7-14(16)19-15/h3-8H,1-2H3,(H2,16,18,19). The van der Waals surface area contributed by atoms with E-state index < -0.39 is 0 Å². The highest BCUT2D eigenvalue weighted by molar-refractivity contribution is 5.83. The maximum absolute atomic E-state index is 5.77. The van der Waals surface area contributed by atoms with Crippen LogP contribution in [-0.4, -0.2) is 15.0 Å². The van der Waals surface area contributed by atoms with Crippen molar-refractivity contribution < 1.29 is 0 Å². The molecule has 19 heavy (non-hydrogen) atoms. The van der Waals surface area contributed by atoms with E-state index in [0.29, 0.717) is 11.6 Å². The molecule has 4 nitrogen and oxygen atoms in total. The van der Waals surface area contributed by atoms with Crippen LogP contribution in [0.4, 0.5) is 5.82 Å². The van der Waals surface area contributed by atoms with Gasteiger partial charge in [0.25, 0.3) is 0 Å². The zero-order chi connectivity index (χ0) is 13.4. The number of nitrogen functional groups attached to an aromatic ring is 1. The molecule has 0 saturated heterocycles. The van der Waals surface area contributed by atoms with E-state index in [1.54, 1.807) is 6.07 Å². The molecule has 0 fully saturated rings. The average Bonchev–Trinajstić information content (AvgIpc) is 2.37. The van der Waals surface area contributed by atoms with Crippen molar-refractivity contribution in [2.75, 3.05) is 5.73 Å². The molecule has 94 valence electrons. The average molecular weight is 250 g/mol. The van der Waals surface area contributed by atoms with Crippen LogP contribution in [0.1, 0.15) is 11.4 Å². The van der Waals surface area contributed by atoms with Crippen LogP contribution < -0.4 is 5.73 Å². The molecule has 4 heteroatoms. The van der Waals surface area contributed by atoms with Crippen molar-refractivity contribution in [2.45, 2.75) is 13.8 Å². The molecule has 1 aromatic carbocycles. The van der Waals surface area contributed by atoms with E-state index in [4.69, 9.17) is 5.73 Å². The molecular weight excluding hydrogens is 236 g/mol. The fourth-order valence-corrected chi connectivity index (χ4v) is 2.09. The molecule has 0 bridgehead atoms. The largest absolute Gasteiger partial charge is 0.384 e. The topological polar surface area (TPSA) is 64.7 Å². The minimum absolute atomic E-state index is 0.490. The van der Waals surface area contributed by atoms with E-state index in [0.717, 1.165) is 27.9 Å². The second-order valence-corrected chi connectivity index (χ2v) is 4.62. The van der Waals surface area contributed by atoms with Gasteiger partial charge < -0.3 is 5.73 Å². The van der Waals surface area contributed by atoms with Gasteiger partial charge in [-0.1, -0.05) is 6.07 Å². The van der Waals surface area contributed by atoms with Crippen molar-refractivity contribution in [1.82, 2.24) is 15.0 Å². The van der Waals surface area contributed by atoms with Crippen LogP contribution >= 0.6 is 0 Å². The molecule has 0 amide bonds. The summed E-state index contributed by atoms with van der Waals surface area (Å²) in [7, 11) is 0. The minimum atomic E-state index is 0.490. The van der Waals surface area contributed by atoms with Crippen LogP contribution in [0, 0.1) is 13.8 Å². The van der Waals surface area contributed by atoms with Crippen molar-refractivity contribution in [3.63, 3.8) is 0 Å². The first-order valence-corrected chi connectivity index (χ1v) is 6.11. The van der Waals surface area contributed by atoms with Crippen molar-refractivity contribution in [3.8, 4) is 11.4 Å². The molecule has 0 radical (unpaired) electrons. The number of aromatic nitrogens is 3. The Hall–Kier alpha value is -2.49. The molecule has 2 N–H and O–H groups in total. The third-order valence-electron chi connectivity index (χ3n) is 2.96. The van der Waals surface area contributed by atoms with Gasteiger partial charge in [0.15, 0.2) is 5.82 Å². The molecule has 0 aliphatic carbocycles. The van der Waals surface area contributed by atoms with Crippen LogP contribution in [0.15, 0.2) is 36.4 Å². The van der Waals surface area contributed by atoms with Gasteiger partial charge in [-0.05, 0) is 38.1 Å². The first-order valence-electron chi connectivity index (χ1n) is 6.11. The van der Waals surface area contributed by atoms with Gasteiger partial charge in [0.1, 0.15) is 5.82 Å². The normalized spacial score (nSPS) is 10.8. The molecule has 2 heterocycles. The number of rotatable bonds is 1. The van der Waals surface area contributed by atoms with Crippen LogP contribution in [0.25, 0.3) is 22.3 Å². The molecule has 3 rings (SSSR count). The highest BCUT2D eigenvalue weighted by Gasteiger charge is 2.05.